The molecule has 2 N–H and O–H groups in total. The monoisotopic (exact) mass is 205 g/mol. The van der Waals surface area contributed by atoms with Crippen LogP contribution >= 0.6 is 0 Å². The van der Waals surface area contributed by atoms with Crippen molar-refractivity contribution in [2.45, 2.75) is 40.0 Å². The van der Waals surface area contributed by atoms with Gasteiger partial charge >= 0.3 is 0 Å². The molecule has 1 nitrogen and oxygen atoms in total. The largest absolute Gasteiger partial charge is 0.398 e. The molecule has 1 aromatic carbocycles. The lowest BCUT2D eigenvalue weighted by Gasteiger charge is -2.13. The predicted molar refractivity (Wildman–Crippen MR) is 70.2 cm³/mol. The van der Waals surface area contributed by atoms with Gasteiger partial charge in [0, 0.05) is 5.69 Å². The molecule has 0 fully saturated rings. The first-order valence-electron chi connectivity index (χ1n) is 5.63. The van der Waals surface area contributed by atoms with Gasteiger partial charge in [-0.05, 0) is 42.0 Å². The highest BCUT2D eigenvalue weighted by Crippen LogP contribution is 2.22. The number of benzene rings is 1. The minimum atomic E-state index is 0.955. The molecule has 1 rings (SSSR count). The van der Waals surface area contributed by atoms with Crippen LogP contribution in [0.5, 0.6) is 0 Å². The van der Waals surface area contributed by atoms with Gasteiger partial charge in [0.2, 0.25) is 0 Å². The van der Waals surface area contributed by atoms with Crippen molar-refractivity contribution in [3.8, 4) is 0 Å². The van der Waals surface area contributed by atoms with Crippen LogP contribution in [0.2, 0.25) is 0 Å². The van der Waals surface area contributed by atoms with E-state index in [1.807, 2.05) is 6.07 Å². The van der Waals surface area contributed by atoms with Crippen LogP contribution in [0.25, 0.3) is 0 Å². The number of hydrogen-bond acceptors (Lipinski definition) is 1. The number of rotatable bonds is 3. The molecule has 0 aromatic heterocycles. The van der Waals surface area contributed by atoms with Gasteiger partial charge in [-0.25, -0.2) is 0 Å². The third-order valence-electron chi connectivity index (χ3n) is 2.65. The molecule has 84 valence electrons. The zero-order valence-corrected chi connectivity index (χ0v) is 10.3. The van der Waals surface area contributed by atoms with Crippen LogP contribution in [0.1, 0.15) is 37.5 Å². The molecular formula is C14H23N. The number of nitrogen functional groups attached to an aromatic ring is 1. The standard InChI is InChI=1S/C12H19N.C2H4/c1-4-9-7-8-12(13)11(6-3)10(9)5-2;1-2/h7-8H,4-6,13H2,1-3H3;1-2H2. The average molecular weight is 205 g/mol. The summed E-state index contributed by atoms with van der Waals surface area (Å²) in [7, 11) is 0. The van der Waals surface area contributed by atoms with E-state index in [-0.39, 0.29) is 0 Å². The molecule has 0 heterocycles. The second-order valence-corrected chi connectivity index (χ2v) is 3.33. The fraction of sp³-hybridized carbons (Fsp3) is 0.429. The number of nitrogens with two attached hydrogens (primary N) is 1. The van der Waals surface area contributed by atoms with Crippen LogP contribution in [0, 0.1) is 0 Å². The summed E-state index contributed by atoms with van der Waals surface area (Å²) in [4.78, 5) is 0. The predicted octanol–water partition coefficient (Wildman–Crippen LogP) is 3.76. The molecule has 1 heteroatoms. The third-order valence-corrected chi connectivity index (χ3v) is 2.65. The van der Waals surface area contributed by atoms with Gasteiger partial charge in [-0.2, -0.15) is 0 Å². The number of aryl methyl sites for hydroxylation is 1. The highest BCUT2D eigenvalue weighted by atomic mass is 14.6. The number of hydrogen-bond donors (Lipinski definition) is 1. The highest BCUT2D eigenvalue weighted by molar-refractivity contribution is 5.54. The molecular weight excluding hydrogens is 182 g/mol. The van der Waals surface area contributed by atoms with Crippen molar-refractivity contribution in [3.63, 3.8) is 0 Å². The quantitative estimate of drug-likeness (QED) is 0.590. The molecule has 1 aromatic rings. The molecule has 0 saturated carbocycles. The lowest BCUT2D eigenvalue weighted by atomic mass is 9.94. The molecule has 0 spiro atoms. The summed E-state index contributed by atoms with van der Waals surface area (Å²) in [5.74, 6) is 0. The van der Waals surface area contributed by atoms with Gasteiger partial charge in [-0.3, -0.25) is 0 Å². The molecule has 0 amide bonds. The summed E-state index contributed by atoms with van der Waals surface area (Å²) < 4.78 is 0. The maximum atomic E-state index is 5.93. The molecule has 0 aliphatic rings. The molecule has 0 bridgehead atoms. The van der Waals surface area contributed by atoms with E-state index in [2.05, 4.69) is 40.0 Å². The van der Waals surface area contributed by atoms with E-state index in [0.717, 1.165) is 24.9 Å². The lowest BCUT2D eigenvalue weighted by molar-refractivity contribution is 0.984. The Morgan fingerprint density at radius 3 is 1.87 bits per heavy atom. The zero-order valence-electron chi connectivity index (χ0n) is 10.3. The Labute approximate surface area is 94.0 Å². The second kappa shape index (κ2) is 7.10. The van der Waals surface area contributed by atoms with E-state index in [1.54, 1.807) is 0 Å². The summed E-state index contributed by atoms with van der Waals surface area (Å²) in [5, 5.41) is 0. The van der Waals surface area contributed by atoms with E-state index >= 15 is 0 Å². The third kappa shape index (κ3) is 3.12. The van der Waals surface area contributed by atoms with Crippen molar-refractivity contribution in [2.24, 2.45) is 0 Å². The van der Waals surface area contributed by atoms with Crippen LogP contribution in [0.4, 0.5) is 5.69 Å². The van der Waals surface area contributed by atoms with Gasteiger partial charge in [-0.1, -0.05) is 26.8 Å². The topological polar surface area (TPSA) is 26.0 Å². The van der Waals surface area contributed by atoms with Crippen LogP contribution in [0.15, 0.2) is 25.3 Å². The van der Waals surface area contributed by atoms with E-state index in [1.165, 1.54) is 16.7 Å². The van der Waals surface area contributed by atoms with Crippen molar-refractivity contribution in [1.29, 1.82) is 0 Å². The van der Waals surface area contributed by atoms with Crippen LogP contribution in [0.3, 0.4) is 0 Å². The van der Waals surface area contributed by atoms with Gasteiger partial charge in [0.1, 0.15) is 0 Å². The van der Waals surface area contributed by atoms with Crippen LogP contribution in [-0.4, -0.2) is 0 Å². The van der Waals surface area contributed by atoms with Gasteiger partial charge in [0.15, 0.2) is 0 Å². The summed E-state index contributed by atoms with van der Waals surface area (Å²) in [5.41, 5.74) is 11.2. The molecule has 0 radical (unpaired) electrons. The fourth-order valence-electron chi connectivity index (χ4n) is 1.95. The Bertz CT molecular complexity index is 302. The zero-order chi connectivity index (χ0) is 11.8. The van der Waals surface area contributed by atoms with Crippen LogP contribution < -0.4 is 5.73 Å². The molecule has 0 unspecified atom stereocenters. The Balaban J connectivity index is 0.000000921. The maximum Gasteiger partial charge on any atom is 0.0349 e. The molecule has 0 atom stereocenters. The summed E-state index contributed by atoms with van der Waals surface area (Å²) in [6.07, 6.45) is 3.25. The van der Waals surface area contributed by atoms with Crippen LogP contribution in [-0.2, 0) is 19.3 Å². The molecule has 0 aliphatic heterocycles. The molecule has 15 heavy (non-hydrogen) atoms. The maximum absolute atomic E-state index is 5.93. The first-order valence-corrected chi connectivity index (χ1v) is 5.63. The fourth-order valence-corrected chi connectivity index (χ4v) is 1.95. The smallest absolute Gasteiger partial charge is 0.0349 e. The lowest BCUT2D eigenvalue weighted by Crippen LogP contribution is -2.02. The Morgan fingerprint density at radius 1 is 0.933 bits per heavy atom. The van der Waals surface area contributed by atoms with E-state index in [0.29, 0.717) is 0 Å². The first kappa shape index (κ1) is 13.8. The first-order chi connectivity index (χ1) is 7.24. The van der Waals surface area contributed by atoms with Gasteiger partial charge in [0.05, 0.1) is 0 Å². The Hall–Kier alpha value is -1.24. The van der Waals surface area contributed by atoms with Crippen molar-refractivity contribution in [1.82, 2.24) is 0 Å². The summed E-state index contributed by atoms with van der Waals surface area (Å²) >= 11 is 0. The van der Waals surface area contributed by atoms with Crippen molar-refractivity contribution in [3.05, 3.63) is 42.0 Å². The van der Waals surface area contributed by atoms with E-state index in [4.69, 9.17) is 5.73 Å². The van der Waals surface area contributed by atoms with Crippen molar-refractivity contribution in [2.75, 3.05) is 5.73 Å². The number of anilines is 1. The SMILES string of the molecule is C=C.CCc1ccc(N)c(CC)c1CC. The van der Waals surface area contributed by atoms with Gasteiger partial charge in [-0.15, -0.1) is 13.2 Å². The molecule has 0 aliphatic carbocycles. The summed E-state index contributed by atoms with van der Waals surface area (Å²) in [6, 6.07) is 4.20. The van der Waals surface area contributed by atoms with Gasteiger partial charge in [0.25, 0.3) is 0 Å². The van der Waals surface area contributed by atoms with E-state index in [9.17, 15) is 0 Å². The summed E-state index contributed by atoms with van der Waals surface area (Å²) in [6.45, 7) is 12.6. The second-order valence-electron chi connectivity index (χ2n) is 3.33. The van der Waals surface area contributed by atoms with E-state index < -0.39 is 0 Å². The molecule has 0 saturated heterocycles. The van der Waals surface area contributed by atoms with Gasteiger partial charge < -0.3 is 5.73 Å². The minimum absolute atomic E-state index is 0.955. The highest BCUT2D eigenvalue weighted by Gasteiger charge is 2.06. The average Bonchev–Trinajstić information content (AvgIpc) is 2.31. The minimum Gasteiger partial charge on any atom is -0.398 e. The Kier molecular flexibility index (Phi) is 6.52. The van der Waals surface area contributed by atoms with Crippen molar-refractivity contribution < 1.29 is 0 Å². The normalized spacial score (nSPS) is 9.27. The van der Waals surface area contributed by atoms with Crippen molar-refractivity contribution >= 4 is 5.69 Å². The Morgan fingerprint density at radius 2 is 1.47 bits per heavy atom.